The average molecular weight is 430 g/mol. The van der Waals surface area contributed by atoms with E-state index < -0.39 is 5.91 Å². The highest BCUT2D eigenvalue weighted by Gasteiger charge is 2.25. The summed E-state index contributed by atoms with van der Waals surface area (Å²) in [5.41, 5.74) is 12.6. The van der Waals surface area contributed by atoms with Crippen molar-refractivity contribution in [2.24, 2.45) is 5.10 Å². The van der Waals surface area contributed by atoms with Gasteiger partial charge < -0.3 is 5.73 Å². The number of nitrogens with one attached hydrogen (secondary N) is 1. The molecule has 0 saturated heterocycles. The van der Waals surface area contributed by atoms with E-state index >= 15 is 0 Å². The predicted molar refractivity (Wildman–Crippen MR) is 119 cm³/mol. The molecule has 2 heterocycles. The highest BCUT2D eigenvalue weighted by molar-refractivity contribution is 5.98. The number of aryl methyl sites for hydroxylation is 1. The first-order chi connectivity index (χ1) is 15.4. The Morgan fingerprint density at radius 3 is 2.47 bits per heavy atom. The van der Waals surface area contributed by atoms with Gasteiger partial charge in [0, 0.05) is 5.56 Å². The highest BCUT2D eigenvalue weighted by atomic mass is 16.6. The molecule has 4 rings (SSSR count). The lowest BCUT2D eigenvalue weighted by atomic mass is 10.0. The number of hydrogen-bond acceptors (Lipinski definition) is 8. The third kappa shape index (κ3) is 4.24. The number of nitrogen functional groups attached to an aromatic ring is 1. The number of amides is 1. The minimum atomic E-state index is -0.531. The number of hydrogen-bond donors (Lipinski definition) is 2. The van der Waals surface area contributed by atoms with Crippen LogP contribution in [0.1, 0.15) is 46.9 Å². The van der Waals surface area contributed by atoms with Crippen LogP contribution in [0.3, 0.4) is 0 Å². The quantitative estimate of drug-likeness (QED) is 0.354. The molecule has 0 aliphatic rings. The molecule has 0 unspecified atom stereocenters. The van der Waals surface area contributed by atoms with Crippen LogP contribution >= 0.6 is 0 Å². The molecule has 162 valence electrons. The number of hydrazone groups is 1. The van der Waals surface area contributed by atoms with Crippen LogP contribution in [0.15, 0.2) is 58.3 Å². The SMILES string of the molecule is Cc1ccc(-c2c(C(=O)N/N=C/c3ccc(C(C)C)cc3)nnn2-c2nonc2N)cc1. The van der Waals surface area contributed by atoms with Crippen molar-refractivity contribution in [1.82, 2.24) is 30.7 Å². The van der Waals surface area contributed by atoms with E-state index in [-0.39, 0.29) is 17.3 Å². The van der Waals surface area contributed by atoms with E-state index in [9.17, 15) is 4.79 Å². The monoisotopic (exact) mass is 430 g/mol. The van der Waals surface area contributed by atoms with Crippen LogP contribution in [0.4, 0.5) is 5.82 Å². The molecule has 4 aromatic rings. The normalized spacial score (nSPS) is 11.4. The number of nitrogens with two attached hydrogens (primary N) is 1. The number of nitrogens with zero attached hydrogens (tertiary/aromatic N) is 6. The predicted octanol–water partition coefficient (Wildman–Crippen LogP) is 3.10. The molecule has 10 heteroatoms. The van der Waals surface area contributed by atoms with Gasteiger partial charge in [0.05, 0.1) is 6.21 Å². The van der Waals surface area contributed by atoms with E-state index in [2.05, 4.69) is 49.6 Å². The van der Waals surface area contributed by atoms with Crippen LogP contribution < -0.4 is 11.2 Å². The van der Waals surface area contributed by atoms with Gasteiger partial charge in [0.1, 0.15) is 5.69 Å². The number of rotatable bonds is 6. The summed E-state index contributed by atoms with van der Waals surface area (Å²) in [5, 5.41) is 19.5. The molecule has 2 aromatic heterocycles. The van der Waals surface area contributed by atoms with Gasteiger partial charge in [0.25, 0.3) is 5.91 Å². The molecule has 0 saturated carbocycles. The lowest BCUT2D eigenvalue weighted by Gasteiger charge is -2.06. The van der Waals surface area contributed by atoms with Crippen molar-refractivity contribution < 1.29 is 9.42 Å². The zero-order valence-electron chi connectivity index (χ0n) is 17.9. The summed E-state index contributed by atoms with van der Waals surface area (Å²) >= 11 is 0. The maximum Gasteiger partial charge on any atom is 0.294 e. The minimum Gasteiger partial charge on any atom is -0.378 e. The molecule has 0 atom stereocenters. The van der Waals surface area contributed by atoms with Gasteiger partial charge in [-0.2, -0.15) is 9.78 Å². The lowest BCUT2D eigenvalue weighted by Crippen LogP contribution is -2.19. The standard InChI is InChI=1S/C22H22N8O2/c1-13(2)16-10-6-15(7-11-16)12-24-26-22(31)18-19(17-8-4-14(3)5-9-17)30(29-25-18)21-20(23)27-32-28-21/h4-13H,1-3H3,(H2,23,27)(H,26,31)/b24-12+. The zero-order valence-corrected chi connectivity index (χ0v) is 17.9. The van der Waals surface area contributed by atoms with Crippen LogP contribution in [0.5, 0.6) is 0 Å². The molecule has 0 fully saturated rings. The van der Waals surface area contributed by atoms with E-state index in [4.69, 9.17) is 5.73 Å². The summed E-state index contributed by atoms with van der Waals surface area (Å²) in [5.74, 6) is 0.0771. The van der Waals surface area contributed by atoms with Gasteiger partial charge in [-0.3, -0.25) is 4.79 Å². The summed E-state index contributed by atoms with van der Waals surface area (Å²) in [6.07, 6.45) is 1.57. The summed E-state index contributed by atoms with van der Waals surface area (Å²) in [4.78, 5) is 12.9. The molecule has 0 spiro atoms. The van der Waals surface area contributed by atoms with E-state index in [1.807, 2.05) is 55.5 Å². The maximum atomic E-state index is 12.9. The first-order valence-corrected chi connectivity index (χ1v) is 9.98. The number of carbonyl (C=O) groups is 1. The smallest absolute Gasteiger partial charge is 0.294 e. The molecular weight excluding hydrogens is 408 g/mol. The van der Waals surface area contributed by atoms with Gasteiger partial charge in [0.2, 0.25) is 11.6 Å². The van der Waals surface area contributed by atoms with Crippen LogP contribution in [0.2, 0.25) is 0 Å². The number of benzene rings is 2. The van der Waals surface area contributed by atoms with Crippen molar-refractivity contribution in [3.8, 4) is 17.1 Å². The molecule has 0 radical (unpaired) electrons. The fourth-order valence-electron chi connectivity index (χ4n) is 3.08. The van der Waals surface area contributed by atoms with E-state index in [1.165, 1.54) is 10.2 Å². The van der Waals surface area contributed by atoms with Gasteiger partial charge in [-0.05, 0) is 34.3 Å². The Hall–Kier alpha value is -4.34. The Balaban J connectivity index is 1.62. The first-order valence-electron chi connectivity index (χ1n) is 9.98. The Kier molecular flexibility index (Phi) is 5.75. The van der Waals surface area contributed by atoms with Crippen molar-refractivity contribution in [3.05, 3.63) is 70.9 Å². The fraction of sp³-hybridized carbons (Fsp3) is 0.182. The highest BCUT2D eigenvalue weighted by Crippen LogP contribution is 2.26. The lowest BCUT2D eigenvalue weighted by molar-refractivity contribution is 0.0950. The molecule has 2 aromatic carbocycles. The van der Waals surface area contributed by atoms with Crippen LogP contribution in [0, 0.1) is 6.92 Å². The largest absolute Gasteiger partial charge is 0.378 e. The van der Waals surface area contributed by atoms with Gasteiger partial charge in [0.15, 0.2) is 5.69 Å². The summed E-state index contributed by atoms with van der Waals surface area (Å²) in [6.45, 7) is 6.23. The van der Waals surface area contributed by atoms with Crippen LogP contribution in [-0.4, -0.2) is 37.4 Å². The summed E-state index contributed by atoms with van der Waals surface area (Å²) in [7, 11) is 0. The Labute approximate surface area is 184 Å². The van der Waals surface area contributed by atoms with Gasteiger partial charge in [-0.1, -0.05) is 73.2 Å². The van der Waals surface area contributed by atoms with Crippen molar-refractivity contribution in [3.63, 3.8) is 0 Å². The topological polar surface area (TPSA) is 137 Å². The molecule has 1 amide bonds. The van der Waals surface area contributed by atoms with E-state index in [0.717, 1.165) is 11.1 Å². The van der Waals surface area contributed by atoms with E-state index in [1.54, 1.807) is 6.21 Å². The summed E-state index contributed by atoms with van der Waals surface area (Å²) < 4.78 is 6.00. The summed E-state index contributed by atoms with van der Waals surface area (Å²) in [6, 6.07) is 15.5. The average Bonchev–Trinajstić information content (AvgIpc) is 3.40. The third-order valence-electron chi connectivity index (χ3n) is 4.89. The van der Waals surface area contributed by atoms with Gasteiger partial charge in [-0.15, -0.1) is 5.10 Å². The second-order valence-corrected chi connectivity index (χ2v) is 7.56. The maximum absolute atomic E-state index is 12.9. The fourth-order valence-corrected chi connectivity index (χ4v) is 3.08. The van der Waals surface area contributed by atoms with Crippen LogP contribution in [-0.2, 0) is 0 Å². The Morgan fingerprint density at radius 1 is 1.12 bits per heavy atom. The molecule has 0 bridgehead atoms. The van der Waals surface area contributed by atoms with Gasteiger partial charge >= 0.3 is 0 Å². The molecule has 3 N–H and O–H groups in total. The Morgan fingerprint density at radius 2 is 1.84 bits per heavy atom. The number of anilines is 1. The van der Waals surface area contributed by atoms with Crippen LogP contribution in [0.25, 0.3) is 17.1 Å². The van der Waals surface area contributed by atoms with Crippen molar-refractivity contribution in [2.45, 2.75) is 26.7 Å². The molecule has 0 aliphatic carbocycles. The number of aromatic nitrogens is 5. The number of carbonyl (C=O) groups excluding carboxylic acids is 1. The minimum absolute atomic E-state index is 0.0260. The van der Waals surface area contributed by atoms with E-state index in [0.29, 0.717) is 17.2 Å². The molecule has 10 nitrogen and oxygen atoms in total. The second kappa shape index (κ2) is 8.80. The molecular formula is C22H22N8O2. The molecule has 32 heavy (non-hydrogen) atoms. The van der Waals surface area contributed by atoms with Gasteiger partial charge in [-0.25, -0.2) is 10.1 Å². The van der Waals surface area contributed by atoms with Crippen molar-refractivity contribution in [2.75, 3.05) is 5.73 Å². The third-order valence-corrected chi connectivity index (χ3v) is 4.89. The van der Waals surface area contributed by atoms with Crippen molar-refractivity contribution >= 4 is 17.9 Å². The van der Waals surface area contributed by atoms with Crippen molar-refractivity contribution in [1.29, 1.82) is 0 Å². The zero-order chi connectivity index (χ0) is 22.7. The second-order valence-electron chi connectivity index (χ2n) is 7.56. The molecule has 0 aliphatic heterocycles. The Bertz CT molecular complexity index is 1250. The first kappa shape index (κ1) is 20.9.